The Hall–Kier alpha value is -0.630. The second-order valence-corrected chi connectivity index (χ2v) is 2.93. The molecule has 1 aromatic rings. The van der Waals surface area contributed by atoms with Gasteiger partial charge in [-0.25, -0.2) is 0 Å². The molecule has 0 aromatic carbocycles. The van der Waals surface area contributed by atoms with Crippen molar-refractivity contribution in [3.05, 3.63) is 24.5 Å². The Morgan fingerprint density at radius 1 is 1.70 bits per heavy atom. The van der Waals surface area contributed by atoms with E-state index in [-0.39, 0.29) is 0 Å². The summed E-state index contributed by atoms with van der Waals surface area (Å²) >= 11 is 1.75. The molecule has 0 aliphatic heterocycles. The van der Waals surface area contributed by atoms with Gasteiger partial charge in [0.25, 0.3) is 0 Å². The van der Waals surface area contributed by atoms with Crippen LogP contribution in [0.3, 0.4) is 0 Å². The molecule has 1 rings (SSSR count). The highest BCUT2D eigenvalue weighted by Gasteiger charge is 1.99. The molecule has 0 radical (unpaired) electrons. The smallest absolute Gasteiger partial charge is 0.0536 e. The van der Waals surface area contributed by atoms with Crippen molar-refractivity contribution in [3.8, 4) is 0 Å². The molecule has 0 unspecified atom stereocenters. The van der Waals surface area contributed by atoms with Crippen molar-refractivity contribution in [2.24, 2.45) is 7.05 Å². The maximum absolute atomic E-state index is 3.74. The van der Waals surface area contributed by atoms with Crippen molar-refractivity contribution in [3.63, 3.8) is 0 Å². The Morgan fingerprint density at radius 3 is 2.80 bits per heavy atom. The summed E-state index contributed by atoms with van der Waals surface area (Å²) in [6.07, 6.45) is 6.00. The summed E-state index contributed by atoms with van der Waals surface area (Å²) in [6.45, 7) is 3.74. The molecule has 0 aliphatic rings. The number of aryl methyl sites for hydroxylation is 1. The van der Waals surface area contributed by atoms with E-state index in [2.05, 4.69) is 23.5 Å². The molecule has 1 aromatic heterocycles. The molecule has 2 heteroatoms. The fourth-order valence-corrected chi connectivity index (χ4v) is 1.57. The molecule has 0 saturated heterocycles. The van der Waals surface area contributed by atoms with Crippen LogP contribution in [0.25, 0.3) is 6.08 Å². The summed E-state index contributed by atoms with van der Waals surface area (Å²) in [4.78, 5) is 1.29. The molecule has 10 heavy (non-hydrogen) atoms. The summed E-state index contributed by atoms with van der Waals surface area (Å²) in [5.74, 6) is 0. The van der Waals surface area contributed by atoms with Crippen molar-refractivity contribution in [1.82, 2.24) is 4.57 Å². The monoisotopic (exact) mass is 153 g/mol. The van der Waals surface area contributed by atoms with Gasteiger partial charge in [-0.15, -0.1) is 11.8 Å². The molecule has 54 valence electrons. The molecule has 0 atom stereocenters. The summed E-state index contributed by atoms with van der Waals surface area (Å²) in [7, 11) is 2.02. The van der Waals surface area contributed by atoms with E-state index in [4.69, 9.17) is 0 Å². The number of rotatable bonds is 2. The van der Waals surface area contributed by atoms with Crippen LogP contribution in [0.1, 0.15) is 5.69 Å². The van der Waals surface area contributed by atoms with Gasteiger partial charge >= 0.3 is 0 Å². The van der Waals surface area contributed by atoms with Crippen LogP contribution in [0.4, 0.5) is 0 Å². The molecule has 0 saturated carbocycles. The van der Waals surface area contributed by atoms with Gasteiger partial charge in [-0.1, -0.05) is 6.58 Å². The summed E-state index contributed by atoms with van der Waals surface area (Å²) < 4.78 is 2.07. The minimum atomic E-state index is 1.20. The second kappa shape index (κ2) is 2.97. The lowest BCUT2D eigenvalue weighted by Gasteiger charge is -1.97. The van der Waals surface area contributed by atoms with E-state index < -0.39 is 0 Å². The first-order valence-corrected chi connectivity index (χ1v) is 4.34. The summed E-state index contributed by atoms with van der Waals surface area (Å²) in [6, 6.07) is 2.10. The van der Waals surface area contributed by atoms with Crippen LogP contribution in [0.5, 0.6) is 0 Å². The number of thioether (sulfide) groups is 1. The van der Waals surface area contributed by atoms with Gasteiger partial charge in [0.2, 0.25) is 0 Å². The van der Waals surface area contributed by atoms with Crippen LogP contribution in [0, 0.1) is 0 Å². The van der Waals surface area contributed by atoms with Crippen LogP contribution in [0.2, 0.25) is 0 Å². The second-order valence-electron chi connectivity index (χ2n) is 2.08. The van der Waals surface area contributed by atoms with E-state index in [9.17, 15) is 0 Å². The SMILES string of the molecule is C=Cc1c(SC)ccn1C. The molecule has 1 nitrogen and oxygen atoms in total. The third-order valence-electron chi connectivity index (χ3n) is 1.50. The predicted octanol–water partition coefficient (Wildman–Crippen LogP) is 2.39. The highest BCUT2D eigenvalue weighted by atomic mass is 32.2. The summed E-state index contributed by atoms with van der Waals surface area (Å²) in [5, 5.41) is 0. The Kier molecular flexibility index (Phi) is 2.22. The predicted molar refractivity (Wildman–Crippen MR) is 47.3 cm³/mol. The first-order valence-electron chi connectivity index (χ1n) is 3.11. The Labute approximate surface area is 65.7 Å². The van der Waals surface area contributed by atoms with Crippen molar-refractivity contribution in [2.75, 3.05) is 6.26 Å². The maximum Gasteiger partial charge on any atom is 0.0536 e. The van der Waals surface area contributed by atoms with Crippen LogP contribution in [-0.4, -0.2) is 10.8 Å². The zero-order valence-corrected chi connectivity index (χ0v) is 7.11. The quantitative estimate of drug-likeness (QED) is 0.591. The lowest BCUT2D eigenvalue weighted by Crippen LogP contribution is -1.87. The van der Waals surface area contributed by atoms with E-state index in [0.29, 0.717) is 0 Å². The van der Waals surface area contributed by atoms with Crippen molar-refractivity contribution < 1.29 is 0 Å². The molecule has 0 N–H and O–H groups in total. The zero-order chi connectivity index (χ0) is 7.56. The number of aromatic nitrogens is 1. The molecule has 0 bridgehead atoms. The first kappa shape index (κ1) is 7.48. The van der Waals surface area contributed by atoms with Gasteiger partial charge in [0.05, 0.1) is 5.69 Å². The Morgan fingerprint density at radius 2 is 2.40 bits per heavy atom. The van der Waals surface area contributed by atoms with Crippen molar-refractivity contribution in [1.29, 1.82) is 0 Å². The molecule has 0 aliphatic carbocycles. The van der Waals surface area contributed by atoms with Crippen molar-refractivity contribution in [2.45, 2.75) is 4.90 Å². The number of nitrogens with zero attached hydrogens (tertiary/aromatic N) is 1. The van der Waals surface area contributed by atoms with Gasteiger partial charge in [0.1, 0.15) is 0 Å². The fourth-order valence-electron chi connectivity index (χ4n) is 0.936. The standard InChI is InChI=1S/C8H11NS/c1-4-7-8(10-3)5-6-9(7)2/h4-6H,1H2,2-3H3. The third kappa shape index (κ3) is 1.12. The average Bonchev–Trinajstić information content (AvgIpc) is 2.30. The van der Waals surface area contributed by atoms with Crippen LogP contribution in [0.15, 0.2) is 23.7 Å². The summed E-state index contributed by atoms with van der Waals surface area (Å²) in [5.41, 5.74) is 1.20. The van der Waals surface area contributed by atoms with Gasteiger partial charge in [-0.05, 0) is 18.4 Å². The number of hydrogen-bond donors (Lipinski definition) is 0. The molecule has 0 amide bonds. The first-order chi connectivity index (χ1) is 4.79. The topological polar surface area (TPSA) is 4.93 Å². The van der Waals surface area contributed by atoms with Crippen LogP contribution in [-0.2, 0) is 7.05 Å². The molecule has 1 heterocycles. The van der Waals surface area contributed by atoms with Gasteiger partial charge < -0.3 is 4.57 Å². The molecule has 0 fully saturated rings. The lowest BCUT2D eigenvalue weighted by atomic mass is 10.4. The Balaban J connectivity index is 3.12. The highest BCUT2D eigenvalue weighted by molar-refractivity contribution is 7.98. The van der Waals surface area contributed by atoms with Gasteiger partial charge in [-0.3, -0.25) is 0 Å². The van der Waals surface area contributed by atoms with Crippen molar-refractivity contribution >= 4 is 17.8 Å². The van der Waals surface area contributed by atoms with E-state index in [0.717, 1.165) is 0 Å². The molecular formula is C8H11NS. The maximum atomic E-state index is 3.74. The van der Waals surface area contributed by atoms with E-state index in [1.807, 2.05) is 19.3 Å². The van der Waals surface area contributed by atoms with Gasteiger partial charge in [0.15, 0.2) is 0 Å². The number of hydrogen-bond acceptors (Lipinski definition) is 1. The fraction of sp³-hybridized carbons (Fsp3) is 0.250. The molecule has 0 spiro atoms. The lowest BCUT2D eigenvalue weighted by molar-refractivity contribution is 0.906. The van der Waals surface area contributed by atoms with E-state index in [1.54, 1.807) is 11.8 Å². The minimum Gasteiger partial charge on any atom is -0.350 e. The highest BCUT2D eigenvalue weighted by Crippen LogP contribution is 2.21. The van der Waals surface area contributed by atoms with Crippen LogP contribution < -0.4 is 0 Å². The van der Waals surface area contributed by atoms with Gasteiger partial charge in [0, 0.05) is 18.1 Å². The third-order valence-corrected chi connectivity index (χ3v) is 2.28. The van der Waals surface area contributed by atoms with E-state index in [1.165, 1.54) is 10.6 Å². The van der Waals surface area contributed by atoms with Gasteiger partial charge in [-0.2, -0.15) is 0 Å². The molecular weight excluding hydrogens is 142 g/mol. The average molecular weight is 153 g/mol. The van der Waals surface area contributed by atoms with Crippen LogP contribution >= 0.6 is 11.8 Å². The largest absolute Gasteiger partial charge is 0.350 e. The Bertz CT molecular complexity index is 237. The zero-order valence-electron chi connectivity index (χ0n) is 6.29. The minimum absolute atomic E-state index is 1.20. The van der Waals surface area contributed by atoms with E-state index >= 15 is 0 Å². The normalized spacial score (nSPS) is 9.80.